The highest BCUT2D eigenvalue weighted by Crippen LogP contribution is 2.32. The lowest BCUT2D eigenvalue weighted by Crippen LogP contribution is -2.13. The molecule has 0 radical (unpaired) electrons. The first-order valence-electron chi connectivity index (χ1n) is 5.19. The molecule has 0 saturated carbocycles. The summed E-state index contributed by atoms with van der Waals surface area (Å²) in [5, 5.41) is 27.9. The lowest BCUT2D eigenvalue weighted by atomic mass is 10.0. The quantitative estimate of drug-likeness (QED) is 0.745. The van der Waals surface area contributed by atoms with Crippen LogP contribution in [0.2, 0.25) is 0 Å². The van der Waals surface area contributed by atoms with Gasteiger partial charge in [-0.1, -0.05) is 0 Å². The lowest BCUT2D eigenvalue weighted by molar-refractivity contribution is -0.146. The summed E-state index contributed by atoms with van der Waals surface area (Å²) in [7, 11) is 1.35. The number of phenols is 1. The van der Waals surface area contributed by atoms with Crippen molar-refractivity contribution in [2.75, 3.05) is 7.11 Å². The van der Waals surface area contributed by atoms with Crippen molar-refractivity contribution in [1.29, 1.82) is 0 Å². The first kappa shape index (κ1) is 12.9. The van der Waals surface area contributed by atoms with E-state index >= 15 is 0 Å². The molecule has 1 aromatic heterocycles. The summed E-state index contributed by atoms with van der Waals surface area (Å²) in [5.41, 5.74) is -0.979. The van der Waals surface area contributed by atoms with Crippen molar-refractivity contribution in [2.45, 2.75) is 6.10 Å². The van der Waals surface area contributed by atoms with E-state index in [0.717, 1.165) is 6.26 Å². The number of methoxy groups -OCH3 is 1. The fourth-order valence-electron chi connectivity index (χ4n) is 1.75. The number of phenolic OH excluding ortho intramolecular Hbond substituents is 1. The van der Waals surface area contributed by atoms with Crippen molar-refractivity contribution in [3.63, 3.8) is 0 Å². The van der Waals surface area contributed by atoms with Gasteiger partial charge in [-0.2, -0.15) is 0 Å². The highest BCUT2D eigenvalue weighted by molar-refractivity contribution is 5.93. The molecule has 1 aromatic carbocycles. The number of benzene rings is 1. The van der Waals surface area contributed by atoms with Gasteiger partial charge in [0.05, 0.1) is 7.11 Å². The van der Waals surface area contributed by atoms with Gasteiger partial charge in [-0.05, 0) is 6.07 Å². The summed E-state index contributed by atoms with van der Waals surface area (Å²) in [6.45, 7) is 0. The lowest BCUT2D eigenvalue weighted by Gasteiger charge is -2.10. The molecule has 3 N–H and O–H groups in total. The maximum atomic E-state index is 11.5. The van der Waals surface area contributed by atoms with Crippen molar-refractivity contribution in [3.05, 3.63) is 34.4 Å². The van der Waals surface area contributed by atoms with Gasteiger partial charge in [0.25, 0.3) is 0 Å². The monoisotopic (exact) mass is 266 g/mol. The normalized spacial score (nSPS) is 12.3. The average molecular weight is 266 g/mol. The van der Waals surface area contributed by atoms with Crippen LogP contribution >= 0.6 is 0 Å². The number of carbonyl (C=O) groups is 1. The Morgan fingerprint density at radius 1 is 1.42 bits per heavy atom. The van der Waals surface area contributed by atoms with Gasteiger partial charge >= 0.3 is 11.6 Å². The van der Waals surface area contributed by atoms with E-state index in [1.54, 1.807) is 0 Å². The zero-order chi connectivity index (χ0) is 14.2. The molecule has 1 atom stereocenters. The second kappa shape index (κ2) is 4.62. The van der Waals surface area contributed by atoms with Crippen LogP contribution < -0.4 is 10.4 Å². The molecule has 0 saturated heterocycles. The highest BCUT2D eigenvalue weighted by Gasteiger charge is 2.22. The summed E-state index contributed by atoms with van der Waals surface area (Å²) in [5.74, 6) is -1.70. The molecule has 100 valence electrons. The third-order valence-corrected chi connectivity index (χ3v) is 2.66. The minimum atomic E-state index is -1.88. The predicted molar refractivity (Wildman–Crippen MR) is 63.3 cm³/mol. The first-order valence-corrected chi connectivity index (χ1v) is 5.19. The van der Waals surface area contributed by atoms with Gasteiger partial charge in [-0.15, -0.1) is 0 Å². The molecule has 0 fully saturated rings. The van der Waals surface area contributed by atoms with Gasteiger partial charge in [0.1, 0.15) is 23.1 Å². The standard InChI is InChI=1S/C12H10O7/c1-18-5-2-6-7(10(14)11(15)16)4-19-12(17)9(6)8(13)3-5/h2-4,10,13-14H,1H3,(H,15,16). The number of aliphatic hydroxyl groups excluding tert-OH is 1. The molecular weight excluding hydrogens is 256 g/mol. The Bertz CT molecular complexity index is 701. The van der Waals surface area contributed by atoms with E-state index in [1.807, 2.05) is 0 Å². The number of aromatic hydroxyl groups is 1. The van der Waals surface area contributed by atoms with Crippen LogP contribution in [-0.4, -0.2) is 28.4 Å². The van der Waals surface area contributed by atoms with Crippen molar-refractivity contribution in [2.24, 2.45) is 0 Å². The van der Waals surface area contributed by atoms with E-state index < -0.39 is 23.4 Å². The van der Waals surface area contributed by atoms with E-state index in [9.17, 15) is 19.8 Å². The smallest absolute Gasteiger partial charge is 0.347 e. The number of carboxylic acids is 1. The zero-order valence-electron chi connectivity index (χ0n) is 9.78. The molecule has 0 aliphatic carbocycles. The van der Waals surface area contributed by atoms with Gasteiger partial charge < -0.3 is 24.5 Å². The van der Waals surface area contributed by atoms with E-state index in [4.69, 9.17) is 9.84 Å². The number of rotatable bonds is 3. The number of hydrogen-bond donors (Lipinski definition) is 3. The number of hydrogen-bond acceptors (Lipinski definition) is 6. The Morgan fingerprint density at radius 3 is 2.68 bits per heavy atom. The molecule has 1 unspecified atom stereocenters. The molecule has 2 rings (SSSR count). The molecule has 7 heteroatoms. The highest BCUT2D eigenvalue weighted by atomic mass is 16.5. The van der Waals surface area contributed by atoms with E-state index in [-0.39, 0.29) is 22.1 Å². The van der Waals surface area contributed by atoms with Crippen LogP contribution in [-0.2, 0) is 4.79 Å². The van der Waals surface area contributed by atoms with E-state index in [1.165, 1.54) is 19.2 Å². The molecule has 7 nitrogen and oxygen atoms in total. The molecule has 0 spiro atoms. The van der Waals surface area contributed by atoms with Gasteiger partial charge in [0, 0.05) is 17.0 Å². The van der Waals surface area contributed by atoms with Gasteiger partial charge in [-0.25, -0.2) is 9.59 Å². The molecule has 0 aliphatic heterocycles. The number of aliphatic hydroxyl groups is 1. The van der Waals surface area contributed by atoms with Crippen LogP contribution in [0.5, 0.6) is 11.5 Å². The first-order chi connectivity index (χ1) is 8.95. The van der Waals surface area contributed by atoms with Crippen LogP contribution in [0.4, 0.5) is 0 Å². The van der Waals surface area contributed by atoms with Crippen molar-refractivity contribution >= 4 is 16.7 Å². The van der Waals surface area contributed by atoms with E-state index in [0.29, 0.717) is 0 Å². The Morgan fingerprint density at radius 2 is 2.11 bits per heavy atom. The van der Waals surface area contributed by atoms with Crippen molar-refractivity contribution < 1.29 is 29.3 Å². The van der Waals surface area contributed by atoms with Crippen LogP contribution in [0, 0.1) is 0 Å². The SMILES string of the molecule is COc1cc(O)c2c(=O)occ(C(O)C(=O)O)c2c1. The molecule has 1 heterocycles. The van der Waals surface area contributed by atoms with Gasteiger partial charge in [0.15, 0.2) is 6.10 Å². The maximum absolute atomic E-state index is 11.5. The third-order valence-electron chi connectivity index (χ3n) is 2.66. The Hall–Kier alpha value is -2.54. The minimum Gasteiger partial charge on any atom is -0.507 e. The van der Waals surface area contributed by atoms with E-state index in [2.05, 4.69) is 4.42 Å². The molecule has 0 amide bonds. The summed E-state index contributed by atoms with van der Waals surface area (Å²) >= 11 is 0. The van der Waals surface area contributed by atoms with Crippen molar-refractivity contribution in [1.82, 2.24) is 0 Å². The van der Waals surface area contributed by atoms with Crippen molar-refractivity contribution in [3.8, 4) is 11.5 Å². The topological polar surface area (TPSA) is 117 Å². The van der Waals surface area contributed by atoms with Crippen LogP contribution in [0.3, 0.4) is 0 Å². The minimum absolute atomic E-state index is 0.0583. The summed E-state index contributed by atoms with van der Waals surface area (Å²) < 4.78 is 9.53. The predicted octanol–water partition coefficient (Wildman–Crippen LogP) is 0.625. The summed E-state index contributed by atoms with van der Waals surface area (Å²) in [6, 6.07) is 2.53. The van der Waals surface area contributed by atoms with Gasteiger partial charge in [-0.3, -0.25) is 0 Å². The molecular formula is C12H10O7. The summed E-state index contributed by atoms with van der Waals surface area (Å²) in [6.07, 6.45) is -1.03. The largest absolute Gasteiger partial charge is 0.507 e. The third kappa shape index (κ3) is 2.11. The fourth-order valence-corrected chi connectivity index (χ4v) is 1.75. The number of aliphatic carboxylic acids is 1. The number of ether oxygens (including phenoxy) is 1. The Balaban J connectivity index is 2.87. The van der Waals surface area contributed by atoms with Crippen LogP contribution in [0.25, 0.3) is 10.8 Å². The van der Waals surface area contributed by atoms with Crippen LogP contribution in [0.1, 0.15) is 11.7 Å². The second-order valence-corrected chi connectivity index (χ2v) is 3.79. The molecule has 2 aromatic rings. The number of fused-ring (bicyclic) bond motifs is 1. The second-order valence-electron chi connectivity index (χ2n) is 3.79. The Kier molecular flexibility index (Phi) is 3.14. The summed E-state index contributed by atoms with van der Waals surface area (Å²) in [4.78, 5) is 22.4. The molecule has 0 aliphatic rings. The Labute approximate surface area is 106 Å². The zero-order valence-corrected chi connectivity index (χ0v) is 9.78. The average Bonchev–Trinajstić information content (AvgIpc) is 2.37. The number of carboxylic acid groups (broad SMARTS) is 1. The van der Waals surface area contributed by atoms with Crippen LogP contribution in [0.15, 0.2) is 27.6 Å². The maximum Gasteiger partial charge on any atom is 0.347 e. The fraction of sp³-hybridized carbons (Fsp3) is 0.167. The molecule has 19 heavy (non-hydrogen) atoms. The van der Waals surface area contributed by atoms with Gasteiger partial charge in [0.2, 0.25) is 0 Å². The molecule has 0 bridgehead atoms.